The quantitative estimate of drug-likeness (QED) is 0.576. The standard InChI is InChI=1S/C10H18FN.FH/c1-9(2)12-7-5-4-6-10(3,11)8-12;/h4,6,9H,5,7-8H2,1-3H3;1H. The third-order valence-electron chi connectivity index (χ3n) is 2.29. The summed E-state index contributed by atoms with van der Waals surface area (Å²) in [4.78, 5) is 2.18. The van der Waals surface area contributed by atoms with Crippen LogP contribution in [0.2, 0.25) is 0 Å². The fraction of sp³-hybridized carbons (Fsp3) is 0.800. The summed E-state index contributed by atoms with van der Waals surface area (Å²) in [6.45, 7) is 7.38. The molecule has 0 bridgehead atoms. The molecule has 0 aromatic rings. The maximum absolute atomic E-state index is 13.6. The van der Waals surface area contributed by atoms with E-state index < -0.39 is 5.67 Å². The third kappa shape index (κ3) is 3.85. The van der Waals surface area contributed by atoms with E-state index in [1.54, 1.807) is 13.0 Å². The first-order valence-electron chi connectivity index (χ1n) is 4.62. The minimum absolute atomic E-state index is 0. The lowest BCUT2D eigenvalue weighted by atomic mass is 10.1. The summed E-state index contributed by atoms with van der Waals surface area (Å²) in [6.07, 6.45) is 4.61. The molecule has 78 valence electrons. The Labute approximate surface area is 79.0 Å². The SMILES string of the molecule is CC(C)N1CCC=CC(C)(F)C1.F. The largest absolute Gasteiger partial charge is 0.297 e. The van der Waals surface area contributed by atoms with Gasteiger partial charge in [0.1, 0.15) is 5.67 Å². The second-order valence-electron chi connectivity index (χ2n) is 4.03. The molecule has 3 heteroatoms. The van der Waals surface area contributed by atoms with E-state index in [-0.39, 0.29) is 4.70 Å². The van der Waals surface area contributed by atoms with Gasteiger partial charge in [-0.1, -0.05) is 12.2 Å². The zero-order valence-electron chi connectivity index (χ0n) is 8.59. The van der Waals surface area contributed by atoms with Gasteiger partial charge in [-0.3, -0.25) is 9.60 Å². The molecule has 0 saturated carbocycles. The highest BCUT2D eigenvalue weighted by Gasteiger charge is 2.26. The van der Waals surface area contributed by atoms with Crippen molar-refractivity contribution in [1.29, 1.82) is 0 Å². The van der Waals surface area contributed by atoms with Crippen LogP contribution in [-0.2, 0) is 0 Å². The maximum atomic E-state index is 13.6. The van der Waals surface area contributed by atoms with E-state index in [1.807, 2.05) is 6.08 Å². The Kier molecular flexibility index (Phi) is 4.54. The summed E-state index contributed by atoms with van der Waals surface area (Å²) in [5.74, 6) is 0. The summed E-state index contributed by atoms with van der Waals surface area (Å²) < 4.78 is 13.6. The fourth-order valence-electron chi connectivity index (χ4n) is 1.54. The predicted molar refractivity (Wildman–Crippen MR) is 52.5 cm³/mol. The van der Waals surface area contributed by atoms with Gasteiger partial charge in [-0.25, -0.2) is 4.39 Å². The van der Waals surface area contributed by atoms with Crippen LogP contribution in [0.3, 0.4) is 0 Å². The molecule has 0 N–H and O–H groups in total. The van der Waals surface area contributed by atoms with Crippen LogP contribution in [0.25, 0.3) is 0 Å². The van der Waals surface area contributed by atoms with Gasteiger partial charge >= 0.3 is 0 Å². The molecule has 0 amide bonds. The van der Waals surface area contributed by atoms with Crippen LogP contribution in [0, 0.1) is 0 Å². The van der Waals surface area contributed by atoms with Crippen molar-refractivity contribution in [1.82, 2.24) is 4.90 Å². The van der Waals surface area contributed by atoms with E-state index in [4.69, 9.17) is 0 Å². The Balaban J connectivity index is 0.00000144. The third-order valence-corrected chi connectivity index (χ3v) is 2.29. The van der Waals surface area contributed by atoms with Crippen LogP contribution in [0.5, 0.6) is 0 Å². The first-order chi connectivity index (χ1) is 5.51. The Morgan fingerprint density at radius 3 is 2.62 bits per heavy atom. The number of rotatable bonds is 1. The minimum atomic E-state index is -1.14. The maximum Gasteiger partial charge on any atom is 0.138 e. The second kappa shape index (κ2) is 4.70. The molecule has 1 unspecified atom stereocenters. The van der Waals surface area contributed by atoms with Gasteiger partial charge in [-0.05, 0) is 27.2 Å². The average Bonchev–Trinajstić information content (AvgIpc) is 2.10. The summed E-state index contributed by atoms with van der Waals surface area (Å²) in [7, 11) is 0. The first kappa shape index (κ1) is 12.6. The number of nitrogens with zero attached hydrogens (tertiary/aromatic N) is 1. The Morgan fingerprint density at radius 2 is 2.08 bits per heavy atom. The molecule has 0 aromatic carbocycles. The Morgan fingerprint density at radius 1 is 1.46 bits per heavy atom. The molecule has 0 fully saturated rings. The smallest absolute Gasteiger partial charge is 0.138 e. The molecule has 1 nitrogen and oxygen atoms in total. The molecule has 0 radical (unpaired) electrons. The highest BCUT2D eigenvalue weighted by molar-refractivity contribution is 5.03. The van der Waals surface area contributed by atoms with Gasteiger partial charge < -0.3 is 0 Å². The molecular weight excluding hydrogens is 172 g/mol. The van der Waals surface area contributed by atoms with E-state index in [9.17, 15) is 4.39 Å². The van der Waals surface area contributed by atoms with Gasteiger partial charge in [-0.15, -0.1) is 0 Å². The molecule has 1 aliphatic rings. The molecule has 0 spiro atoms. The number of hydrogen-bond acceptors (Lipinski definition) is 1. The van der Waals surface area contributed by atoms with E-state index in [2.05, 4.69) is 18.7 Å². The molecular formula is C10H19F2N. The van der Waals surface area contributed by atoms with E-state index in [1.165, 1.54) is 0 Å². The molecule has 13 heavy (non-hydrogen) atoms. The van der Waals surface area contributed by atoms with Crippen LogP contribution in [0.1, 0.15) is 27.2 Å². The first-order valence-corrected chi connectivity index (χ1v) is 4.62. The van der Waals surface area contributed by atoms with Gasteiger partial charge in [0.2, 0.25) is 0 Å². The zero-order valence-corrected chi connectivity index (χ0v) is 8.59. The molecule has 0 aliphatic carbocycles. The van der Waals surface area contributed by atoms with Crippen LogP contribution < -0.4 is 0 Å². The van der Waals surface area contributed by atoms with Crippen molar-refractivity contribution in [3.05, 3.63) is 12.2 Å². The van der Waals surface area contributed by atoms with Crippen molar-refractivity contribution < 1.29 is 9.09 Å². The van der Waals surface area contributed by atoms with E-state index in [0.29, 0.717) is 12.6 Å². The zero-order chi connectivity index (χ0) is 9.19. The van der Waals surface area contributed by atoms with Crippen molar-refractivity contribution in [2.24, 2.45) is 0 Å². The van der Waals surface area contributed by atoms with E-state index >= 15 is 0 Å². The molecule has 1 atom stereocenters. The van der Waals surface area contributed by atoms with Gasteiger partial charge in [-0.2, -0.15) is 0 Å². The number of halogens is 2. The normalized spacial score (nSPS) is 29.9. The molecule has 0 saturated heterocycles. The van der Waals surface area contributed by atoms with Gasteiger partial charge in [0.05, 0.1) is 0 Å². The van der Waals surface area contributed by atoms with Crippen molar-refractivity contribution in [3.63, 3.8) is 0 Å². The van der Waals surface area contributed by atoms with Crippen molar-refractivity contribution in [2.75, 3.05) is 13.1 Å². The monoisotopic (exact) mass is 191 g/mol. The van der Waals surface area contributed by atoms with Crippen molar-refractivity contribution in [3.8, 4) is 0 Å². The highest BCUT2D eigenvalue weighted by atomic mass is 19.1. The van der Waals surface area contributed by atoms with Crippen LogP contribution in [0.15, 0.2) is 12.2 Å². The molecule has 1 rings (SSSR count). The Hall–Kier alpha value is -0.440. The van der Waals surface area contributed by atoms with E-state index in [0.717, 1.165) is 13.0 Å². The average molecular weight is 191 g/mol. The van der Waals surface area contributed by atoms with Crippen molar-refractivity contribution in [2.45, 2.75) is 38.9 Å². The fourth-order valence-corrected chi connectivity index (χ4v) is 1.54. The summed E-state index contributed by atoms with van der Waals surface area (Å²) in [6, 6.07) is 0.444. The highest BCUT2D eigenvalue weighted by Crippen LogP contribution is 2.19. The number of alkyl halides is 1. The van der Waals surface area contributed by atoms with Gasteiger partial charge in [0.25, 0.3) is 0 Å². The van der Waals surface area contributed by atoms with Crippen LogP contribution >= 0.6 is 0 Å². The summed E-state index contributed by atoms with van der Waals surface area (Å²) in [5.41, 5.74) is -1.14. The van der Waals surface area contributed by atoms with Crippen LogP contribution in [0.4, 0.5) is 9.09 Å². The van der Waals surface area contributed by atoms with Gasteiger partial charge in [0, 0.05) is 19.1 Å². The summed E-state index contributed by atoms with van der Waals surface area (Å²) >= 11 is 0. The lowest BCUT2D eigenvalue weighted by Gasteiger charge is -2.29. The predicted octanol–water partition coefficient (Wildman–Crippen LogP) is 2.54. The number of hydrogen-bond donors (Lipinski definition) is 0. The Bertz CT molecular complexity index is 176. The molecule has 1 heterocycles. The summed E-state index contributed by atoms with van der Waals surface area (Å²) in [5, 5.41) is 0. The second-order valence-corrected chi connectivity index (χ2v) is 4.03. The van der Waals surface area contributed by atoms with Crippen molar-refractivity contribution >= 4 is 0 Å². The molecule has 1 aliphatic heterocycles. The molecule has 0 aromatic heterocycles. The lowest BCUT2D eigenvalue weighted by molar-refractivity contribution is 0.132. The minimum Gasteiger partial charge on any atom is -0.297 e. The van der Waals surface area contributed by atoms with Gasteiger partial charge in [0.15, 0.2) is 0 Å². The lowest BCUT2D eigenvalue weighted by Crippen LogP contribution is -2.39. The van der Waals surface area contributed by atoms with Crippen LogP contribution in [-0.4, -0.2) is 29.7 Å². The topological polar surface area (TPSA) is 3.24 Å².